The Balaban J connectivity index is 1.87. The van der Waals surface area contributed by atoms with Gasteiger partial charge in [-0.3, -0.25) is 0 Å². The highest BCUT2D eigenvalue weighted by molar-refractivity contribution is 5.88. The van der Waals surface area contributed by atoms with E-state index in [4.69, 9.17) is 13.9 Å². The summed E-state index contributed by atoms with van der Waals surface area (Å²) in [6.45, 7) is -0.330. The summed E-state index contributed by atoms with van der Waals surface area (Å²) < 4.78 is 16.6. The molecule has 1 aliphatic rings. The van der Waals surface area contributed by atoms with Crippen molar-refractivity contribution in [2.75, 3.05) is 6.61 Å². The minimum Gasteiger partial charge on any atom is -0.507 e. The molecule has 1 fully saturated rings. The molecule has 1 aromatic heterocycles. The van der Waals surface area contributed by atoms with Crippen LogP contribution in [0.5, 0.6) is 34.5 Å². The second-order valence-corrected chi connectivity index (χ2v) is 7.05. The monoisotopic (exact) mass is 435 g/mol. The van der Waals surface area contributed by atoms with E-state index in [-0.39, 0.29) is 46.1 Å². The first-order valence-corrected chi connectivity index (χ1v) is 9.06. The molecule has 2 aromatic carbocycles. The molecular formula is C20H19O11+. The summed E-state index contributed by atoms with van der Waals surface area (Å²) in [4.78, 5) is 0. The molecule has 0 bridgehead atoms. The predicted molar refractivity (Wildman–Crippen MR) is 103 cm³/mol. The highest BCUT2D eigenvalue weighted by Crippen LogP contribution is 2.44. The van der Waals surface area contributed by atoms with Gasteiger partial charge in [0.15, 0.2) is 17.2 Å². The topological polar surface area (TPSA) is 192 Å². The van der Waals surface area contributed by atoms with Crippen molar-refractivity contribution in [1.82, 2.24) is 0 Å². The smallest absolute Gasteiger partial charge is 0.402 e. The number of hydrogen-bond acceptors (Lipinski definition) is 10. The van der Waals surface area contributed by atoms with Gasteiger partial charge >= 0.3 is 11.3 Å². The molecule has 0 saturated carbocycles. The largest absolute Gasteiger partial charge is 0.507 e. The van der Waals surface area contributed by atoms with E-state index >= 15 is 0 Å². The van der Waals surface area contributed by atoms with Gasteiger partial charge in [-0.2, -0.15) is 0 Å². The van der Waals surface area contributed by atoms with E-state index in [0.29, 0.717) is 0 Å². The number of aromatic hydroxyl groups is 5. The molecule has 11 heteroatoms. The number of aliphatic hydroxyl groups excluding tert-OH is 3. The number of ether oxygens (including phenoxy) is 2. The van der Waals surface area contributed by atoms with Crippen molar-refractivity contribution < 1.29 is 54.7 Å². The molecule has 1 saturated heterocycles. The zero-order valence-electron chi connectivity index (χ0n) is 15.7. The van der Waals surface area contributed by atoms with Crippen molar-refractivity contribution >= 4 is 11.0 Å². The summed E-state index contributed by atoms with van der Waals surface area (Å²) in [5.74, 6) is -3.03. The van der Waals surface area contributed by atoms with Crippen LogP contribution >= 0.6 is 0 Å². The number of phenols is 5. The number of benzene rings is 2. The van der Waals surface area contributed by atoms with Crippen LogP contribution in [0.4, 0.5) is 0 Å². The third-order valence-electron chi connectivity index (χ3n) is 4.85. The van der Waals surface area contributed by atoms with Gasteiger partial charge in [0.2, 0.25) is 12.0 Å². The Kier molecular flexibility index (Phi) is 5.11. The molecule has 164 valence electrons. The van der Waals surface area contributed by atoms with Crippen LogP contribution in [0.25, 0.3) is 22.3 Å². The maximum atomic E-state index is 10.2. The van der Waals surface area contributed by atoms with Gasteiger partial charge in [0.05, 0.1) is 18.2 Å². The molecule has 4 atom stereocenters. The second kappa shape index (κ2) is 7.63. The maximum absolute atomic E-state index is 10.2. The SMILES string of the molecule is Oc1cc(O)c2cc(O[C@@H]3OC[C@H](O)[C@@H](O)[C@@H]3O)c(-c3cc(O)c(O)c(O)c3)[o+]c2c1. The van der Waals surface area contributed by atoms with Crippen molar-refractivity contribution in [3.8, 4) is 45.8 Å². The molecule has 1 aliphatic heterocycles. The predicted octanol–water partition coefficient (Wildman–Crippen LogP) is 0.727. The summed E-state index contributed by atoms with van der Waals surface area (Å²) in [5, 5.41) is 79.0. The van der Waals surface area contributed by atoms with Crippen LogP contribution in [-0.2, 0) is 4.74 Å². The third kappa shape index (κ3) is 3.70. The number of fused-ring (bicyclic) bond motifs is 1. The van der Waals surface area contributed by atoms with Gasteiger partial charge in [0.25, 0.3) is 0 Å². The van der Waals surface area contributed by atoms with E-state index in [1.165, 1.54) is 12.1 Å². The van der Waals surface area contributed by atoms with Crippen molar-refractivity contribution in [2.24, 2.45) is 0 Å². The Morgan fingerprint density at radius 3 is 2.19 bits per heavy atom. The van der Waals surface area contributed by atoms with Gasteiger partial charge in [-0.1, -0.05) is 0 Å². The molecule has 0 amide bonds. The first-order chi connectivity index (χ1) is 14.7. The number of phenolic OH excluding ortho intramolecular Hbond substituents is 5. The Hall–Kier alpha value is -3.51. The van der Waals surface area contributed by atoms with Gasteiger partial charge in [0, 0.05) is 24.3 Å². The fourth-order valence-corrected chi connectivity index (χ4v) is 3.22. The van der Waals surface area contributed by atoms with Gasteiger partial charge in [-0.05, 0) is 0 Å². The van der Waals surface area contributed by atoms with Gasteiger partial charge in [-0.25, -0.2) is 4.42 Å². The minimum atomic E-state index is -1.64. The molecule has 4 rings (SSSR count). The Labute approximate surface area is 173 Å². The fourth-order valence-electron chi connectivity index (χ4n) is 3.22. The lowest BCUT2D eigenvalue weighted by molar-refractivity contribution is -0.242. The highest BCUT2D eigenvalue weighted by Gasteiger charge is 2.40. The summed E-state index contributed by atoms with van der Waals surface area (Å²) in [6.07, 6.45) is -5.95. The van der Waals surface area contributed by atoms with Crippen molar-refractivity contribution in [1.29, 1.82) is 0 Å². The molecule has 0 radical (unpaired) electrons. The van der Waals surface area contributed by atoms with Crippen LogP contribution in [0.15, 0.2) is 34.7 Å². The maximum Gasteiger partial charge on any atom is 0.402 e. The fraction of sp³-hybridized carbons (Fsp3) is 0.250. The lowest BCUT2D eigenvalue weighted by atomic mass is 10.1. The Bertz CT molecular complexity index is 1120. The van der Waals surface area contributed by atoms with Crippen LogP contribution in [0.3, 0.4) is 0 Å². The molecule has 11 nitrogen and oxygen atoms in total. The van der Waals surface area contributed by atoms with Crippen LogP contribution in [0, 0.1) is 0 Å². The van der Waals surface area contributed by atoms with Gasteiger partial charge in [-0.15, -0.1) is 0 Å². The lowest BCUT2D eigenvalue weighted by Crippen LogP contribution is -2.54. The number of rotatable bonds is 3. The van der Waals surface area contributed by atoms with Crippen molar-refractivity contribution in [3.63, 3.8) is 0 Å². The van der Waals surface area contributed by atoms with E-state index in [2.05, 4.69) is 0 Å². The zero-order valence-corrected chi connectivity index (χ0v) is 15.7. The van der Waals surface area contributed by atoms with E-state index in [9.17, 15) is 40.9 Å². The normalized spacial score (nSPS) is 23.7. The molecule has 0 unspecified atom stereocenters. The van der Waals surface area contributed by atoms with Crippen molar-refractivity contribution in [2.45, 2.75) is 24.6 Å². The van der Waals surface area contributed by atoms with Crippen LogP contribution < -0.4 is 4.74 Å². The van der Waals surface area contributed by atoms with Crippen LogP contribution in [0.2, 0.25) is 0 Å². The molecule has 8 N–H and O–H groups in total. The van der Waals surface area contributed by atoms with Crippen LogP contribution in [-0.4, -0.2) is 72.1 Å². The minimum absolute atomic E-state index is 0.00692. The standard InChI is InChI=1S/C20H18O11/c21-8-3-10(22)9-5-15(31-20-18(28)17(27)13(25)6-29-20)19(30-14(9)4-8)7-1-11(23)16(26)12(24)2-7/h1-5,13,17-18,20,25,27-28H,6H2,(H4-,21,22,23,24,26)/p+1/t13-,17+,18-,20-/m0/s1. The molecule has 0 spiro atoms. The average Bonchev–Trinajstić information content (AvgIpc) is 2.72. The quantitative estimate of drug-likeness (QED) is 0.214. The van der Waals surface area contributed by atoms with Gasteiger partial charge < -0.3 is 50.3 Å². The van der Waals surface area contributed by atoms with E-state index < -0.39 is 41.9 Å². The molecular weight excluding hydrogens is 416 g/mol. The number of aliphatic hydroxyl groups is 3. The lowest BCUT2D eigenvalue weighted by Gasteiger charge is -2.34. The van der Waals surface area contributed by atoms with Gasteiger partial charge in [0.1, 0.15) is 35.2 Å². The third-order valence-corrected chi connectivity index (χ3v) is 4.85. The summed E-state index contributed by atoms with van der Waals surface area (Å²) in [6, 6.07) is 5.68. The first kappa shape index (κ1) is 20.8. The second-order valence-electron chi connectivity index (χ2n) is 7.05. The zero-order chi connectivity index (χ0) is 22.4. The van der Waals surface area contributed by atoms with E-state index in [0.717, 1.165) is 18.2 Å². The molecule has 0 aliphatic carbocycles. The van der Waals surface area contributed by atoms with Crippen LogP contribution in [0.1, 0.15) is 0 Å². The summed E-state index contributed by atoms with van der Waals surface area (Å²) >= 11 is 0. The summed E-state index contributed by atoms with van der Waals surface area (Å²) in [7, 11) is 0. The summed E-state index contributed by atoms with van der Waals surface area (Å²) in [5.41, 5.74) is 0.0332. The number of hydrogen-bond donors (Lipinski definition) is 8. The Morgan fingerprint density at radius 1 is 0.839 bits per heavy atom. The molecule has 31 heavy (non-hydrogen) atoms. The van der Waals surface area contributed by atoms with E-state index in [1.54, 1.807) is 0 Å². The highest BCUT2D eigenvalue weighted by atomic mass is 16.7. The molecule has 2 heterocycles. The van der Waals surface area contributed by atoms with Crippen molar-refractivity contribution in [3.05, 3.63) is 30.3 Å². The Morgan fingerprint density at radius 2 is 1.52 bits per heavy atom. The van der Waals surface area contributed by atoms with E-state index in [1.807, 2.05) is 0 Å². The first-order valence-electron chi connectivity index (χ1n) is 9.06. The molecule has 3 aromatic rings. The average molecular weight is 435 g/mol.